The first-order chi connectivity index (χ1) is 9.78. The topological polar surface area (TPSA) is 61.5 Å². The molecule has 0 N–H and O–H groups in total. The molecule has 6 nitrogen and oxygen atoms in total. The summed E-state index contributed by atoms with van der Waals surface area (Å²) in [5.74, 6) is 0.246. The van der Waals surface area contributed by atoms with E-state index >= 15 is 0 Å². The second kappa shape index (κ2) is 4.61. The van der Waals surface area contributed by atoms with Crippen molar-refractivity contribution in [3.05, 3.63) is 30.1 Å². The Morgan fingerprint density at radius 3 is 2.57 bits per heavy atom. The van der Waals surface area contributed by atoms with E-state index < -0.39 is 24.0 Å². The fourth-order valence-electron chi connectivity index (χ4n) is 1.97. The van der Waals surface area contributed by atoms with Crippen LogP contribution in [0.2, 0.25) is 0 Å². The first-order valence-electron chi connectivity index (χ1n) is 6.68. The monoisotopic (exact) mass is 290 g/mol. The molecule has 1 fully saturated rings. The number of fused-ring (bicyclic) bond motifs is 1. The summed E-state index contributed by atoms with van der Waals surface area (Å²) in [6.07, 6.45) is 6.00. The maximum atomic E-state index is 14.3. The van der Waals surface area contributed by atoms with Crippen LogP contribution in [0, 0.1) is 0 Å². The van der Waals surface area contributed by atoms with Gasteiger partial charge in [0.05, 0.1) is 17.4 Å². The second-order valence-corrected chi connectivity index (χ2v) is 5.97. The lowest BCUT2D eigenvalue weighted by atomic mass is 9.88. The molecule has 2 aromatic heterocycles. The van der Waals surface area contributed by atoms with Crippen LogP contribution in [0.1, 0.15) is 33.5 Å². The van der Waals surface area contributed by atoms with Gasteiger partial charge in [-0.05, 0) is 27.7 Å². The van der Waals surface area contributed by atoms with Gasteiger partial charge in [0.2, 0.25) is 0 Å². The van der Waals surface area contributed by atoms with Gasteiger partial charge >= 0.3 is 7.12 Å². The molecule has 3 heterocycles. The maximum absolute atomic E-state index is 14.3. The van der Waals surface area contributed by atoms with Crippen molar-refractivity contribution < 1.29 is 13.7 Å². The largest absolute Gasteiger partial charge is 0.525 e. The molecule has 0 aromatic carbocycles. The molecule has 1 aliphatic heterocycles. The number of hydrogen-bond donors (Lipinski definition) is 0. The van der Waals surface area contributed by atoms with Crippen molar-refractivity contribution >= 4 is 18.8 Å². The van der Waals surface area contributed by atoms with E-state index in [2.05, 4.69) is 15.1 Å². The van der Waals surface area contributed by atoms with Gasteiger partial charge in [-0.3, -0.25) is 4.98 Å². The predicted molar refractivity (Wildman–Crippen MR) is 75.9 cm³/mol. The molecule has 0 radical (unpaired) electrons. The van der Waals surface area contributed by atoms with Crippen molar-refractivity contribution in [2.75, 3.05) is 0 Å². The van der Waals surface area contributed by atoms with E-state index in [-0.39, 0.29) is 5.82 Å². The van der Waals surface area contributed by atoms with Gasteiger partial charge in [0, 0.05) is 18.5 Å². The third kappa shape index (κ3) is 2.45. The van der Waals surface area contributed by atoms with Crippen LogP contribution in [0.25, 0.3) is 11.7 Å². The molecule has 0 unspecified atom stereocenters. The first-order valence-corrected chi connectivity index (χ1v) is 6.68. The van der Waals surface area contributed by atoms with E-state index in [0.29, 0.717) is 5.65 Å². The van der Waals surface area contributed by atoms with Crippen LogP contribution in [-0.4, -0.2) is 37.9 Å². The van der Waals surface area contributed by atoms with Crippen LogP contribution in [0.5, 0.6) is 0 Å². The predicted octanol–water partition coefficient (Wildman–Crippen LogP) is 2.07. The van der Waals surface area contributed by atoms with E-state index in [1.807, 2.05) is 27.7 Å². The van der Waals surface area contributed by atoms with Crippen LogP contribution in [-0.2, 0) is 9.31 Å². The molecule has 2 aromatic rings. The summed E-state index contributed by atoms with van der Waals surface area (Å²) >= 11 is 0. The average Bonchev–Trinajstić information content (AvgIpc) is 2.87. The van der Waals surface area contributed by atoms with Crippen LogP contribution in [0.4, 0.5) is 4.39 Å². The first kappa shape index (κ1) is 14.2. The van der Waals surface area contributed by atoms with Crippen molar-refractivity contribution in [3.8, 4) is 0 Å². The lowest BCUT2D eigenvalue weighted by Crippen LogP contribution is -2.41. The summed E-state index contributed by atoms with van der Waals surface area (Å²) in [5.41, 5.74) is -1.18. The highest BCUT2D eigenvalue weighted by Gasteiger charge is 2.53. The van der Waals surface area contributed by atoms with Gasteiger partial charge in [-0.15, -0.1) is 5.10 Å². The van der Waals surface area contributed by atoms with Crippen molar-refractivity contribution in [2.24, 2.45) is 0 Å². The summed E-state index contributed by atoms with van der Waals surface area (Å²) in [6, 6.07) is 0. The van der Waals surface area contributed by atoms with Crippen molar-refractivity contribution in [1.29, 1.82) is 0 Å². The van der Waals surface area contributed by atoms with Crippen LogP contribution in [0.15, 0.2) is 24.3 Å². The van der Waals surface area contributed by atoms with E-state index in [9.17, 15) is 4.39 Å². The van der Waals surface area contributed by atoms with Crippen LogP contribution in [0.3, 0.4) is 0 Å². The number of halogens is 1. The zero-order chi connectivity index (χ0) is 15.3. The molecule has 1 saturated heterocycles. The standard InChI is InChI=1S/C13H16BFN4O2/c1-12(2)13(3,4)21-14(20-12)9(15)7-10-17-11-8-16-5-6-19(11)18-10/h5-8H,1-4H3. The molecule has 1 aliphatic rings. The number of hydrogen-bond acceptors (Lipinski definition) is 5. The van der Waals surface area contributed by atoms with Gasteiger partial charge in [-0.1, -0.05) is 0 Å². The summed E-state index contributed by atoms with van der Waals surface area (Å²) in [5, 5.41) is 4.13. The molecule has 0 atom stereocenters. The fourth-order valence-corrected chi connectivity index (χ4v) is 1.97. The van der Waals surface area contributed by atoms with Gasteiger partial charge in [0.15, 0.2) is 11.5 Å². The molecule has 21 heavy (non-hydrogen) atoms. The highest BCUT2D eigenvalue weighted by atomic mass is 19.1. The van der Waals surface area contributed by atoms with E-state index in [1.54, 1.807) is 18.6 Å². The van der Waals surface area contributed by atoms with Crippen LogP contribution < -0.4 is 0 Å². The Labute approximate surface area is 122 Å². The van der Waals surface area contributed by atoms with Gasteiger partial charge in [0.1, 0.15) is 5.73 Å². The molecule has 110 valence electrons. The Balaban J connectivity index is 1.87. The summed E-state index contributed by atoms with van der Waals surface area (Å²) in [7, 11) is -1.04. The highest BCUT2D eigenvalue weighted by Crippen LogP contribution is 2.38. The molecule has 0 aliphatic carbocycles. The summed E-state index contributed by atoms with van der Waals surface area (Å²) < 4.78 is 27.1. The zero-order valence-corrected chi connectivity index (χ0v) is 12.4. The smallest absolute Gasteiger partial charge is 0.398 e. The molecular weight excluding hydrogens is 274 g/mol. The van der Waals surface area contributed by atoms with E-state index in [1.165, 1.54) is 10.6 Å². The maximum Gasteiger partial charge on any atom is 0.525 e. The van der Waals surface area contributed by atoms with Gasteiger partial charge in [-0.2, -0.15) is 0 Å². The average molecular weight is 290 g/mol. The molecule has 0 spiro atoms. The second-order valence-electron chi connectivity index (χ2n) is 5.97. The Morgan fingerprint density at radius 1 is 1.29 bits per heavy atom. The zero-order valence-electron chi connectivity index (χ0n) is 12.4. The third-order valence-corrected chi connectivity index (χ3v) is 3.90. The Hall–Kier alpha value is -1.80. The molecule has 0 bridgehead atoms. The summed E-state index contributed by atoms with van der Waals surface area (Å²) in [4.78, 5) is 8.09. The van der Waals surface area contributed by atoms with Gasteiger partial charge < -0.3 is 9.31 Å². The minimum Gasteiger partial charge on any atom is -0.398 e. The lowest BCUT2D eigenvalue weighted by molar-refractivity contribution is 0.00578. The Bertz CT molecular complexity index is 664. The molecule has 0 amide bonds. The van der Waals surface area contributed by atoms with Crippen LogP contribution >= 0.6 is 0 Å². The van der Waals surface area contributed by atoms with Crippen molar-refractivity contribution in [1.82, 2.24) is 19.6 Å². The quantitative estimate of drug-likeness (QED) is 0.792. The van der Waals surface area contributed by atoms with Crippen molar-refractivity contribution in [3.63, 3.8) is 0 Å². The van der Waals surface area contributed by atoms with Gasteiger partial charge in [0.25, 0.3) is 0 Å². The lowest BCUT2D eigenvalue weighted by Gasteiger charge is -2.32. The third-order valence-electron chi connectivity index (χ3n) is 3.90. The number of rotatable bonds is 2. The molecule has 0 saturated carbocycles. The Kier molecular flexibility index (Phi) is 3.10. The normalized spacial score (nSPS) is 21.2. The minimum absolute atomic E-state index is 0.246. The SMILES string of the molecule is CC1(C)OB(C(F)=Cc2nc3cnccn3n2)OC1(C)C. The highest BCUT2D eigenvalue weighted by molar-refractivity contribution is 6.54. The molecular formula is C13H16BFN4O2. The molecule has 3 rings (SSSR count). The molecule has 8 heteroatoms. The minimum atomic E-state index is -1.04. The number of aromatic nitrogens is 4. The van der Waals surface area contributed by atoms with Crippen molar-refractivity contribution in [2.45, 2.75) is 38.9 Å². The van der Waals surface area contributed by atoms with Gasteiger partial charge in [-0.25, -0.2) is 13.9 Å². The summed E-state index contributed by atoms with van der Waals surface area (Å²) in [6.45, 7) is 7.48. The van der Waals surface area contributed by atoms with E-state index in [4.69, 9.17) is 9.31 Å². The Morgan fingerprint density at radius 2 is 1.95 bits per heavy atom. The number of nitrogens with zero attached hydrogens (tertiary/aromatic N) is 4. The fraction of sp³-hybridized carbons (Fsp3) is 0.462. The van der Waals surface area contributed by atoms with E-state index in [0.717, 1.165) is 0 Å².